The number of carbonyl (C=O) groups is 1. The van der Waals surface area contributed by atoms with Gasteiger partial charge in [-0.3, -0.25) is 4.79 Å². The number of nitrogens with zero attached hydrogens (tertiary/aromatic N) is 3. The van der Waals surface area contributed by atoms with Gasteiger partial charge in [-0.25, -0.2) is 18.1 Å². The molecule has 2 N–H and O–H groups in total. The van der Waals surface area contributed by atoms with E-state index in [1.54, 1.807) is 13.0 Å². The topological polar surface area (TPSA) is 114 Å². The van der Waals surface area contributed by atoms with Crippen LogP contribution in [0, 0.1) is 6.92 Å². The molecule has 0 spiro atoms. The molecule has 3 aromatic rings. The number of anilines is 1. The fourth-order valence-electron chi connectivity index (χ4n) is 3.71. The average molecular weight is 457 g/mol. The van der Waals surface area contributed by atoms with Gasteiger partial charge in [0.1, 0.15) is 5.75 Å². The van der Waals surface area contributed by atoms with Gasteiger partial charge >= 0.3 is 0 Å². The number of amides is 1. The molecule has 9 heteroatoms. The molecule has 0 radical (unpaired) electrons. The van der Waals surface area contributed by atoms with E-state index < -0.39 is 15.7 Å². The number of aromatic nitrogens is 3. The SMILES string of the molecule is CCS(=O)(=O)c1ccc(O)c(NC(=O)c2cc(C3CC3)nc3c2c(C)nn3C(C)(C)C)c1. The molecule has 1 fully saturated rings. The van der Waals surface area contributed by atoms with Gasteiger partial charge in [-0.05, 0) is 64.8 Å². The maximum absolute atomic E-state index is 13.4. The van der Waals surface area contributed by atoms with Crippen LogP contribution in [0.2, 0.25) is 0 Å². The van der Waals surface area contributed by atoms with Crippen molar-refractivity contribution in [3.05, 3.63) is 41.2 Å². The number of nitrogens with one attached hydrogen (secondary N) is 1. The Morgan fingerprint density at radius 2 is 1.94 bits per heavy atom. The molecule has 1 aliphatic rings. The van der Waals surface area contributed by atoms with E-state index in [4.69, 9.17) is 4.98 Å². The van der Waals surface area contributed by atoms with Crippen LogP contribution >= 0.6 is 0 Å². The highest BCUT2D eigenvalue weighted by Gasteiger charge is 2.30. The summed E-state index contributed by atoms with van der Waals surface area (Å²) in [5, 5.41) is 18.3. The van der Waals surface area contributed by atoms with Gasteiger partial charge in [-0.15, -0.1) is 0 Å². The summed E-state index contributed by atoms with van der Waals surface area (Å²) in [6.07, 6.45) is 2.06. The third-order valence-corrected chi connectivity index (χ3v) is 7.40. The quantitative estimate of drug-likeness (QED) is 0.558. The monoisotopic (exact) mass is 456 g/mol. The number of carbonyl (C=O) groups excluding carboxylic acids is 1. The molecule has 170 valence electrons. The van der Waals surface area contributed by atoms with Crippen molar-refractivity contribution in [1.29, 1.82) is 0 Å². The zero-order chi connectivity index (χ0) is 23.4. The molecule has 32 heavy (non-hydrogen) atoms. The van der Waals surface area contributed by atoms with Gasteiger partial charge in [-0.2, -0.15) is 5.10 Å². The standard InChI is InChI=1S/C23H28N4O4S/c1-6-32(30,31)15-9-10-19(28)18(11-15)25-22(29)16-12-17(14-7-8-14)24-21-20(16)13(2)26-27(21)23(3,4)5/h9-12,14,28H,6-8H2,1-5H3,(H,25,29). The number of rotatable bonds is 5. The van der Waals surface area contributed by atoms with Gasteiger partial charge in [0.2, 0.25) is 0 Å². The van der Waals surface area contributed by atoms with E-state index in [2.05, 4.69) is 10.4 Å². The zero-order valence-electron chi connectivity index (χ0n) is 18.9. The summed E-state index contributed by atoms with van der Waals surface area (Å²) in [4.78, 5) is 18.3. The Hall–Kier alpha value is -2.94. The van der Waals surface area contributed by atoms with E-state index in [0.717, 1.165) is 18.5 Å². The second-order valence-corrected chi connectivity index (χ2v) is 11.6. The van der Waals surface area contributed by atoms with Crippen LogP contribution < -0.4 is 5.32 Å². The smallest absolute Gasteiger partial charge is 0.256 e. The molecule has 1 amide bonds. The van der Waals surface area contributed by atoms with Crippen LogP contribution in [0.5, 0.6) is 5.75 Å². The van der Waals surface area contributed by atoms with Crippen molar-refractivity contribution in [3.63, 3.8) is 0 Å². The minimum atomic E-state index is -3.49. The van der Waals surface area contributed by atoms with Crippen LogP contribution in [-0.2, 0) is 15.4 Å². The molecule has 2 heterocycles. The summed E-state index contributed by atoms with van der Waals surface area (Å²) in [6.45, 7) is 9.47. The number of hydrogen-bond donors (Lipinski definition) is 2. The summed E-state index contributed by atoms with van der Waals surface area (Å²) in [5.41, 5.74) is 2.31. The maximum Gasteiger partial charge on any atom is 0.256 e. The number of phenols is 1. The normalized spacial score (nSPS) is 14.7. The molecule has 0 atom stereocenters. The summed E-state index contributed by atoms with van der Waals surface area (Å²) in [7, 11) is -3.49. The van der Waals surface area contributed by atoms with Crippen molar-refractivity contribution in [2.45, 2.75) is 63.8 Å². The summed E-state index contributed by atoms with van der Waals surface area (Å²) < 4.78 is 26.3. The number of fused-ring (bicyclic) bond motifs is 1. The number of aryl methyl sites for hydroxylation is 1. The van der Waals surface area contributed by atoms with E-state index in [9.17, 15) is 18.3 Å². The molecular weight excluding hydrogens is 428 g/mol. The van der Waals surface area contributed by atoms with Crippen LogP contribution in [0.4, 0.5) is 5.69 Å². The predicted molar refractivity (Wildman–Crippen MR) is 123 cm³/mol. The van der Waals surface area contributed by atoms with Gasteiger partial charge in [-0.1, -0.05) is 6.92 Å². The Bertz CT molecular complexity index is 1330. The maximum atomic E-state index is 13.4. The van der Waals surface area contributed by atoms with E-state index in [1.165, 1.54) is 18.2 Å². The number of sulfone groups is 1. The summed E-state index contributed by atoms with van der Waals surface area (Å²) in [5.74, 6) is -0.409. The third-order valence-electron chi connectivity index (χ3n) is 5.66. The first-order chi connectivity index (χ1) is 14.9. The van der Waals surface area contributed by atoms with Gasteiger partial charge in [0.25, 0.3) is 5.91 Å². The van der Waals surface area contributed by atoms with Crippen LogP contribution in [0.1, 0.15) is 68.2 Å². The van der Waals surface area contributed by atoms with Crippen LogP contribution in [-0.4, -0.2) is 39.9 Å². The highest BCUT2D eigenvalue weighted by Crippen LogP contribution is 2.41. The molecule has 1 aromatic carbocycles. The van der Waals surface area contributed by atoms with Gasteiger partial charge in [0, 0.05) is 11.6 Å². The number of pyridine rings is 1. The highest BCUT2D eigenvalue weighted by molar-refractivity contribution is 7.91. The van der Waals surface area contributed by atoms with E-state index in [0.29, 0.717) is 28.2 Å². The molecular formula is C23H28N4O4S. The lowest BCUT2D eigenvalue weighted by Crippen LogP contribution is -2.23. The van der Waals surface area contributed by atoms with E-state index in [1.807, 2.05) is 32.4 Å². The summed E-state index contributed by atoms with van der Waals surface area (Å²) in [6, 6.07) is 5.69. The lowest BCUT2D eigenvalue weighted by molar-refractivity contribution is 0.102. The second-order valence-electron chi connectivity index (χ2n) is 9.27. The molecule has 0 aliphatic heterocycles. The van der Waals surface area contributed by atoms with E-state index >= 15 is 0 Å². The minimum Gasteiger partial charge on any atom is -0.506 e. The molecule has 2 aromatic heterocycles. The molecule has 4 rings (SSSR count). The number of benzene rings is 1. The largest absolute Gasteiger partial charge is 0.506 e. The number of phenolic OH excluding ortho intramolecular Hbond substituents is 1. The van der Waals surface area contributed by atoms with Crippen LogP contribution in [0.15, 0.2) is 29.2 Å². The average Bonchev–Trinajstić information content (AvgIpc) is 3.51. The molecule has 1 saturated carbocycles. The first-order valence-electron chi connectivity index (χ1n) is 10.7. The second kappa shape index (κ2) is 7.58. The Balaban J connectivity index is 1.83. The van der Waals surface area contributed by atoms with E-state index in [-0.39, 0.29) is 27.6 Å². The lowest BCUT2D eigenvalue weighted by atomic mass is 10.1. The summed E-state index contributed by atoms with van der Waals surface area (Å²) >= 11 is 0. The van der Waals surface area contributed by atoms with Crippen molar-refractivity contribution in [2.75, 3.05) is 11.1 Å². The number of aromatic hydroxyl groups is 1. The highest BCUT2D eigenvalue weighted by atomic mass is 32.2. The Morgan fingerprint density at radius 1 is 1.25 bits per heavy atom. The first kappa shape index (κ1) is 22.3. The Kier molecular flexibility index (Phi) is 5.27. The van der Waals surface area contributed by atoms with Crippen molar-refractivity contribution >= 4 is 32.5 Å². The molecule has 1 aliphatic carbocycles. The van der Waals surface area contributed by atoms with Crippen molar-refractivity contribution in [3.8, 4) is 5.75 Å². The lowest BCUT2D eigenvalue weighted by Gasteiger charge is -2.20. The van der Waals surface area contributed by atoms with Crippen molar-refractivity contribution in [2.24, 2.45) is 0 Å². The first-order valence-corrected chi connectivity index (χ1v) is 12.4. The fraction of sp³-hybridized carbons (Fsp3) is 0.435. The van der Waals surface area contributed by atoms with Gasteiger partial charge in [0.15, 0.2) is 15.5 Å². The molecule has 0 bridgehead atoms. The Morgan fingerprint density at radius 3 is 2.53 bits per heavy atom. The van der Waals surface area contributed by atoms with Crippen LogP contribution in [0.3, 0.4) is 0 Å². The Labute approximate surface area is 187 Å². The predicted octanol–water partition coefficient (Wildman–Crippen LogP) is 4.12. The molecule has 8 nitrogen and oxygen atoms in total. The number of hydrogen-bond acceptors (Lipinski definition) is 6. The molecule has 0 unspecified atom stereocenters. The zero-order valence-corrected chi connectivity index (χ0v) is 19.7. The van der Waals surface area contributed by atoms with Crippen molar-refractivity contribution < 1.29 is 18.3 Å². The fourth-order valence-corrected chi connectivity index (χ4v) is 4.61. The van der Waals surface area contributed by atoms with Gasteiger partial charge in [0.05, 0.1) is 38.5 Å². The third kappa shape index (κ3) is 3.97. The molecule has 0 saturated heterocycles. The van der Waals surface area contributed by atoms with Gasteiger partial charge < -0.3 is 10.4 Å². The van der Waals surface area contributed by atoms with Crippen LogP contribution in [0.25, 0.3) is 11.0 Å². The van der Waals surface area contributed by atoms with Crippen molar-refractivity contribution in [1.82, 2.24) is 14.8 Å². The minimum absolute atomic E-state index is 0.0447.